The highest BCUT2D eigenvalue weighted by atomic mass is 32.1. The third-order valence-electron chi connectivity index (χ3n) is 2.06. The van der Waals surface area contributed by atoms with Crippen molar-refractivity contribution in [2.45, 2.75) is 19.4 Å². The molecular formula is C8H11N3S. The van der Waals surface area contributed by atoms with Crippen molar-refractivity contribution in [1.29, 1.82) is 0 Å². The van der Waals surface area contributed by atoms with E-state index in [-0.39, 0.29) is 0 Å². The minimum Gasteiger partial charge on any atom is -0.389 e. The lowest BCUT2D eigenvalue weighted by molar-refractivity contribution is 0.563. The van der Waals surface area contributed by atoms with Gasteiger partial charge in [0.25, 0.3) is 0 Å². The molecular weight excluding hydrogens is 170 g/mol. The molecule has 64 valence electrons. The van der Waals surface area contributed by atoms with Gasteiger partial charge in [-0.2, -0.15) is 5.10 Å². The van der Waals surface area contributed by atoms with Gasteiger partial charge < -0.3 is 5.73 Å². The van der Waals surface area contributed by atoms with E-state index in [1.54, 1.807) is 6.20 Å². The number of rotatable bonds is 3. The second kappa shape index (κ2) is 2.86. The van der Waals surface area contributed by atoms with Crippen LogP contribution in [0.4, 0.5) is 0 Å². The van der Waals surface area contributed by atoms with E-state index in [2.05, 4.69) is 5.10 Å². The first kappa shape index (κ1) is 7.73. The summed E-state index contributed by atoms with van der Waals surface area (Å²) in [5.74, 6) is 0.837. The van der Waals surface area contributed by atoms with Crippen LogP contribution in [0.25, 0.3) is 0 Å². The summed E-state index contributed by atoms with van der Waals surface area (Å²) in [6, 6.07) is 0. The first-order valence-electron chi connectivity index (χ1n) is 4.08. The molecule has 0 saturated heterocycles. The summed E-state index contributed by atoms with van der Waals surface area (Å²) >= 11 is 4.83. The van der Waals surface area contributed by atoms with Crippen molar-refractivity contribution < 1.29 is 0 Å². The van der Waals surface area contributed by atoms with Crippen LogP contribution < -0.4 is 5.73 Å². The molecule has 1 fully saturated rings. The molecule has 0 bridgehead atoms. The molecule has 1 aromatic heterocycles. The zero-order valence-corrected chi connectivity index (χ0v) is 7.55. The highest BCUT2D eigenvalue weighted by Gasteiger charge is 2.21. The first-order valence-corrected chi connectivity index (χ1v) is 4.49. The molecule has 1 saturated carbocycles. The average molecular weight is 181 g/mol. The van der Waals surface area contributed by atoms with Gasteiger partial charge in [0.15, 0.2) is 0 Å². The Morgan fingerprint density at radius 3 is 3.00 bits per heavy atom. The monoisotopic (exact) mass is 181 g/mol. The van der Waals surface area contributed by atoms with Crippen LogP contribution in [0, 0.1) is 5.92 Å². The van der Waals surface area contributed by atoms with Crippen LogP contribution in [0.3, 0.4) is 0 Å². The van der Waals surface area contributed by atoms with Gasteiger partial charge in [0, 0.05) is 18.3 Å². The predicted molar refractivity (Wildman–Crippen MR) is 50.8 cm³/mol. The molecule has 4 heteroatoms. The van der Waals surface area contributed by atoms with E-state index in [9.17, 15) is 0 Å². The third kappa shape index (κ3) is 1.64. The van der Waals surface area contributed by atoms with Crippen LogP contribution in [-0.4, -0.2) is 14.8 Å². The maximum atomic E-state index is 5.45. The lowest BCUT2D eigenvalue weighted by Crippen LogP contribution is -2.08. The van der Waals surface area contributed by atoms with Crippen LogP contribution in [0.15, 0.2) is 12.4 Å². The predicted octanol–water partition coefficient (Wildman–Crippen LogP) is 0.927. The SMILES string of the molecule is NC(=S)c1cnn(CC2CC2)c1. The van der Waals surface area contributed by atoms with E-state index < -0.39 is 0 Å². The number of nitrogens with zero attached hydrogens (tertiary/aromatic N) is 2. The van der Waals surface area contributed by atoms with Crippen LogP contribution in [0.1, 0.15) is 18.4 Å². The summed E-state index contributed by atoms with van der Waals surface area (Å²) in [5.41, 5.74) is 6.32. The Balaban J connectivity index is 2.06. The van der Waals surface area contributed by atoms with E-state index in [1.165, 1.54) is 12.8 Å². The van der Waals surface area contributed by atoms with Crippen molar-refractivity contribution in [3.63, 3.8) is 0 Å². The first-order chi connectivity index (χ1) is 5.75. The van der Waals surface area contributed by atoms with Crippen molar-refractivity contribution in [3.05, 3.63) is 18.0 Å². The smallest absolute Gasteiger partial charge is 0.107 e. The summed E-state index contributed by atoms with van der Waals surface area (Å²) in [4.78, 5) is 0.428. The topological polar surface area (TPSA) is 43.8 Å². The van der Waals surface area contributed by atoms with Gasteiger partial charge in [0.1, 0.15) is 4.99 Å². The number of nitrogens with two attached hydrogens (primary N) is 1. The molecule has 1 aliphatic rings. The van der Waals surface area contributed by atoms with Gasteiger partial charge in [-0.05, 0) is 18.8 Å². The molecule has 0 amide bonds. The standard InChI is InChI=1S/C8H11N3S/c9-8(12)7-3-10-11(5-7)4-6-1-2-6/h3,5-6H,1-2,4H2,(H2,9,12). The van der Waals surface area contributed by atoms with Gasteiger partial charge >= 0.3 is 0 Å². The Hall–Kier alpha value is -0.900. The number of hydrogen-bond acceptors (Lipinski definition) is 2. The Bertz CT molecular complexity index is 301. The fraction of sp³-hybridized carbons (Fsp3) is 0.500. The van der Waals surface area contributed by atoms with Gasteiger partial charge in [-0.15, -0.1) is 0 Å². The lowest BCUT2D eigenvalue weighted by Gasteiger charge is -1.96. The quantitative estimate of drug-likeness (QED) is 0.705. The molecule has 2 N–H and O–H groups in total. The van der Waals surface area contributed by atoms with Crippen molar-refractivity contribution in [1.82, 2.24) is 9.78 Å². The van der Waals surface area contributed by atoms with Crippen LogP contribution in [0.2, 0.25) is 0 Å². The maximum Gasteiger partial charge on any atom is 0.107 e. The van der Waals surface area contributed by atoms with E-state index in [1.807, 2.05) is 10.9 Å². The summed E-state index contributed by atoms with van der Waals surface area (Å²) in [6.45, 7) is 1.02. The van der Waals surface area contributed by atoms with Crippen molar-refractivity contribution in [3.8, 4) is 0 Å². The summed E-state index contributed by atoms with van der Waals surface area (Å²) < 4.78 is 1.92. The molecule has 0 aromatic carbocycles. The number of thiocarbonyl (C=S) groups is 1. The molecule has 1 aliphatic carbocycles. The van der Waals surface area contributed by atoms with E-state index in [0.717, 1.165) is 18.0 Å². The minimum atomic E-state index is 0.428. The van der Waals surface area contributed by atoms with Crippen LogP contribution in [0.5, 0.6) is 0 Å². The Kier molecular flexibility index (Phi) is 1.84. The maximum absolute atomic E-state index is 5.45. The second-order valence-corrected chi connectivity index (χ2v) is 3.70. The molecule has 0 atom stereocenters. The van der Waals surface area contributed by atoms with Gasteiger partial charge in [-0.3, -0.25) is 4.68 Å². The summed E-state index contributed by atoms with van der Waals surface area (Å²) in [5, 5.41) is 4.17. The lowest BCUT2D eigenvalue weighted by atomic mass is 10.4. The number of hydrogen-bond donors (Lipinski definition) is 1. The molecule has 0 aliphatic heterocycles. The normalized spacial score (nSPS) is 16.3. The van der Waals surface area contributed by atoms with Crippen LogP contribution >= 0.6 is 12.2 Å². The summed E-state index contributed by atoms with van der Waals surface area (Å²) in [7, 11) is 0. The third-order valence-corrected chi connectivity index (χ3v) is 2.30. The van der Waals surface area contributed by atoms with Gasteiger partial charge in [0.05, 0.1) is 6.20 Å². The fourth-order valence-electron chi connectivity index (χ4n) is 1.16. The van der Waals surface area contributed by atoms with E-state index in [4.69, 9.17) is 18.0 Å². The second-order valence-electron chi connectivity index (χ2n) is 3.26. The molecule has 1 heterocycles. The molecule has 1 aromatic rings. The molecule has 0 radical (unpaired) electrons. The fourth-order valence-corrected chi connectivity index (χ4v) is 1.26. The average Bonchev–Trinajstić information content (AvgIpc) is 2.66. The highest BCUT2D eigenvalue weighted by Crippen LogP contribution is 2.30. The minimum absolute atomic E-state index is 0.428. The number of aromatic nitrogens is 2. The Labute approximate surface area is 76.6 Å². The van der Waals surface area contributed by atoms with Crippen molar-refractivity contribution >= 4 is 17.2 Å². The van der Waals surface area contributed by atoms with Gasteiger partial charge in [-0.1, -0.05) is 12.2 Å². The highest BCUT2D eigenvalue weighted by molar-refractivity contribution is 7.80. The van der Waals surface area contributed by atoms with Crippen molar-refractivity contribution in [2.24, 2.45) is 11.7 Å². The van der Waals surface area contributed by atoms with Crippen molar-refractivity contribution in [2.75, 3.05) is 0 Å². The van der Waals surface area contributed by atoms with Gasteiger partial charge in [-0.25, -0.2) is 0 Å². The Morgan fingerprint density at radius 1 is 1.75 bits per heavy atom. The molecule has 0 spiro atoms. The van der Waals surface area contributed by atoms with E-state index >= 15 is 0 Å². The van der Waals surface area contributed by atoms with Crippen LogP contribution in [-0.2, 0) is 6.54 Å². The zero-order chi connectivity index (χ0) is 8.55. The largest absolute Gasteiger partial charge is 0.389 e. The Morgan fingerprint density at radius 2 is 2.50 bits per heavy atom. The van der Waals surface area contributed by atoms with Gasteiger partial charge in [0.2, 0.25) is 0 Å². The molecule has 3 nitrogen and oxygen atoms in total. The molecule has 0 unspecified atom stereocenters. The molecule has 12 heavy (non-hydrogen) atoms. The molecule has 2 rings (SSSR count). The summed E-state index contributed by atoms with van der Waals surface area (Å²) in [6.07, 6.45) is 6.32. The zero-order valence-electron chi connectivity index (χ0n) is 6.73. The van der Waals surface area contributed by atoms with E-state index in [0.29, 0.717) is 4.99 Å².